The number of aromatic nitrogens is 1. The lowest BCUT2D eigenvalue weighted by molar-refractivity contribution is 0.0638. The molecule has 0 aromatic carbocycles. The summed E-state index contributed by atoms with van der Waals surface area (Å²) in [6.07, 6.45) is 2.85. The van der Waals surface area contributed by atoms with Crippen molar-refractivity contribution in [2.45, 2.75) is 18.9 Å². The molecule has 1 aliphatic rings. The van der Waals surface area contributed by atoms with Gasteiger partial charge in [0.25, 0.3) is 0 Å². The van der Waals surface area contributed by atoms with E-state index >= 15 is 0 Å². The number of nitrogens with two attached hydrogens (primary N) is 1. The molecule has 1 aliphatic heterocycles. The van der Waals surface area contributed by atoms with Crippen LogP contribution in [-0.4, -0.2) is 61.9 Å². The van der Waals surface area contributed by atoms with E-state index < -0.39 is 0 Å². The van der Waals surface area contributed by atoms with Crippen molar-refractivity contribution in [2.75, 3.05) is 51.3 Å². The van der Waals surface area contributed by atoms with Crippen molar-refractivity contribution in [3.63, 3.8) is 0 Å². The molecule has 0 spiro atoms. The Labute approximate surface area is 119 Å². The van der Waals surface area contributed by atoms with Crippen molar-refractivity contribution in [1.29, 1.82) is 0 Å². The number of ether oxygens (including phenoxy) is 1. The second-order valence-corrected chi connectivity index (χ2v) is 6.11. The minimum atomic E-state index is 0.0466. The largest absolute Gasteiger partial charge is 0.385 e. The van der Waals surface area contributed by atoms with Gasteiger partial charge in [0.05, 0.1) is 0 Å². The number of methoxy groups -OCH3 is 1. The van der Waals surface area contributed by atoms with Crippen molar-refractivity contribution in [1.82, 2.24) is 9.88 Å². The van der Waals surface area contributed by atoms with Gasteiger partial charge in [0.2, 0.25) is 0 Å². The maximum Gasteiger partial charge on any atom is 0.185 e. The van der Waals surface area contributed by atoms with Crippen molar-refractivity contribution in [3.05, 3.63) is 11.6 Å². The van der Waals surface area contributed by atoms with Crippen LogP contribution in [0, 0.1) is 0 Å². The Morgan fingerprint density at radius 2 is 2.16 bits per heavy atom. The van der Waals surface area contributed by atoms with Crippen LogP contribution in [0.2, 0.25) is 0 Å². The second kappa shape index (κ2) is 6.65. The number of anilines is 1. The van der Waals surface area contributed by atoms with Crippen LogP contribution in [-0.2, 0) is 4.74 Å². The maximum atomic E-state index is 5.99. The Bertz CT molecular complexity index is 365. The summed E-state index contributed by atoms with van der Waals surface area (Å²) in [5.74, 6) is 0. The molecule has 19 heavy (non-hydrogen) atoms. The van der Waals surface area contributed by atoms with Crippen LogP contribution in [0.3, 0.4) is 0 Å². The van der Waals surface area contributed by atoms with E-state index in [-0.39, 0.29) is 5.54 Å². The minimum absolute atomic E-state index is 0.0466. The van der Waals surface area contributed by atoms with E-state index in [2.05, 4.69) is 21.7 Å². The first-order chi connectivity index (χ1) is 9.19. The van der Waals surface area contributed by atoms with Crippen molar-refractivity contribution in [2.24, 2.45) is 5.73 Å². The number of piperazine rings is 1. The first kappa shape index (κ1) is 14.7. The molecule has 0 radical (unpaired) electrons. The number of hydrogen-bond donors (Lipinski definition) is 1. The molecule has 1 fully saturated rings. The molecule has 1 atom stereocenters. The van der Waals surface area contributed by atoms with E-state index in [0.717, 1.165) is 44.3 Å². The zero-order valence-electron chi connectivity index (χ0n) is 11.8. The summed E-state index contributed by atoms with van der Waals surface area (Å²) in [4.78, 5) is 9.23. The monoisotopic (exact) mass is 284 g/mol. The number of rotatable bonds is 6. The third-order valence-electron chi connectivity index (χ3n) is 4.02. The van der Waals surface area contributed by atoms with Gasteiger partial charge in [-0.3, -0.25) is 4.90 Å². The molecule has 2 heterocycles. The SMILES string of the molecule is COCCC(C)(CN)N1CCN(c2nccs2)CC1. The normalized spacial score (nSPS) is 20.5. The molecule has 1 aromatic heterocycles. The molecule has 108 valence electrons. The highest BCUT2D eigenvalue weighted by molar-refractivity contribution is 7.13. The van der Waals surface area contributed by atoms with Crippen LogP contribution in [0.1, 0.15) is 13.3 Å². The van der Waals surface area contributed by atoms with Gasteiger partial charge < -0.3 is 15.4 Å². The predicted molar refractivity (Wildman–Crippen MR) is 79.9 cm³/mol. The van der Waals surface area contributed by atoms with Crippen molar-refractivity contribution < 1.29 is 4.74 Å². The Morgan fingerprint density at radius 3 is 2.68 bits per heavy atom. The molecule has 6 heteroatoms. The van der Waals surface area contributed by atoms with E-state index in [1.807, 2.05) is 11.6 Å². The van der Waals surface area contributed by atoms with Gasteiger partial charge in [-0.25, -0.2) is 4.98 Å². The lowest BCUT2D eigenvalue weighted by Gasteiger charge is -2.45. The van der Waals surface area contributed by atoms with Gasteiger partial charge in [0, 0.05) is 63.6 Å². The Morgan fingerprint density at radius 1 is 1.42 bits per heavy atom. The van der Waals surface area contributed by atoms with Gasteiger partial charge in [-0.2, -0.15) is 0 Å². The van der Waals surface area contributed by atoms with Crippen LogP contribution in [0.25, 0.3) is 0 Å². The van der Waals surface area contributed by atoms with Gasteiger partial charge in [0.1, 0.15) is 0 Å². The molecule has 0 aliphatic carbocycles. The Balaban J connectivity index is 1.91. The van der Waals surface area contributed by atoms with E-state index in [0.29, 0.717) is 6.54 Å². The van der Waals surface area contributed by atoms with Gasteiger partial charge in [-0.05, 0) is 13.3 Å². The molecule has 1 saturated heterocycles. The summed E-state index contributed by atoms with van der Waals surface area (Å²) in [6.45, 7) is 7.80. The highest BCUT2D eigenvalue weighted by Crippen LogP contribution is 2.24. The Kier molecular flexibility index (Phi) is 5.15. The predicted octanol–water partition coefficient (Wildman–Crippen LogP) is 1.02. The van der Waals surface area contributed by atoms with Gasteiger partial charge in [0.15, 0.2) is 5.13 Å². The third kappa shape index (κ3) is 3.45. The highest BCUT2D eigenvalue weighted by Gasteiger charge is 2.32. The lowest BCUT2D eigenvalue weighted by Crippen LogP contribution is -2.59. The van der Waals surface area contributed by atoms with Crippen LogP contribution < -0.4 is 10.6 Å². The average Bonchev–Trinajstić information content (AvgIpc) is 2.99. The first-order valence-electron chi connectivity index (χ1n) is 6.78. The van der Waals surface area contributed by atoms with E-state index in [1.54, 1.807) is 18.4 Å². The van der Waals surface area contributed by atoms with Gasteiger partial charge in [-0.1, -0.05) is 0 Å². The number of thiazole rings is 1. The highest BCUT2D eigenvalue weighted by atomic mass is 32.1. The van der Waals surface area contributed by atoms with Crippen LogP contribution in [0.5, 0.6) is 0 Å². The molecule has 0 amide bonds. The fourth-order valence-electron chi connectivity index (χ4n) is 2.52. The zero-order valence-corrected chi connectivity index (χ0v) is 12.7. The fraction of sp³-hybridized carbons (Fsp3) is 0.769. The summed E-state index contributed by atoms with van der Waals surface area (Å²) in [7, 11) is 1.75. The summed E-state index contributed by atoms with van der Waals surface area (Å²) in [5.41, 5.74) is 6.03. The molecule has 0 saturated carbocycles. The summed E-state index contributed by atoms with van der Waals surface area (Å²) in [6, 6.07) is 0. The smallest absolute Gasteiger partial charge is 0.185 e. The standard InChI is InChI=1S/C13H24N4OS/c1-13(11-14,3-9-18-2)17-7-5-16(6-8-17)12-15-4-10-19-12/h4,10H,3,5-9,11,14H2,1-2H3. The van der Waals surface area contributed by atoms with Gasteiger partial charge in [-0.15, -0.1) is 11.3 Å². The maximum absolute atomic E-state index is 5.99. The summed E-state index contributed by atoms with van der Waals surface area (Å²) < 4.78 is 5.21. The number of hydrogen-bond acceptors (Lipinski definition) is 6. The van der Waals surface area contributed by atoms with Crippen LogP contribution >= 0.6 is 11.3 Å². The zero-order chi connectivity index (χ0) is 13.7. The van der Waals surface area contributed by atoms with Crippen LogP contribution in [0.4, 0.5) is 5.13 Å². The van der Waals surface area contributed by atoms with E-state index in [1.165, 1.54) is 0 Å². The van der Waals surface area contributed by atoms with Crippen molar-refractivity contribution in [3.8, 4) is 0 Å². The quantitative estimate of drug-likeness (QED) is 0.845. The average molecular weight is 284 g/mol. The van der Waals surface area contributed by atoms with Crippen LogP contribution in [0.15, 0.2) is 11.6 Å². The molecule has 0 bridgehead atoms. The Hall–Kier alpha value is -0.690. The first-order valence-corrected chi connectivity index (χ1v) is 7.66. The van der Waals surface area contributed by atoms with Crippen molar-refractivity contribution >= 4 is 16.5 Å². The second-order valence-electron chi connectivity index (χ2n) is 5.23. The molecule has 1 unspecified atom stereocenters. The number of nitrogens with zero attached hydrogens (tertiary/aromatic N) is 3. The topological polar surface area (TPSA) is 54.6 Å². The summed E-state index contributed by atoms with van der Waals surface area (Å²) >= 11 is 1.71. The third-order valence-corrected chi connectivity index (χ3v) is 4.85. The molecular formula is C13H24N4OS. The van der Waals surface area contributed by atoms with Gasteiger partial charge >= 0.3 is 0 Å². The molecule has 1 aromatic rings. The molecule has 5 nitrogen and oxygen atoms in total. The molecule has 2 N–H and O–H groups in total. The van der Waals surface area contributed by atoms with E-state index in [4.69, 9.17) is 10.5 Å². The van der Waals surface area contributed by atoms with E-state index in [9.17, 15) is 0 Å². The minimum Gasteiger partial charge on any atom is -0.385 e. The fourth-order valence-corrected chi connectivity index (χ4v) is 3.22. The molecule has 2 rings (SSSR count). The molecular weight excluding hydrogens is 260 g/mol. The summed E-state index contributed by atoms with van der Waals surface area (Å²) in [5, 5.41) is 3.16. The lowest BCUT2D eigenvalue weighted by atomic mass is 9.95.